The zero-order valence-electron chi connectivity index (χ0n) is 12.7. The van der Waals surface area contributed by atoms with E-state index in [1.807, 2.05) is 30.3 Å². The van der Waals surface area contributed by atoms with Crippen molar-refractivity contribution >= 4 is 11.8 Å². The van der Waals surface area contributed by atoms with Crippen LogP contribution in [-0.2, 0) is 9.59 Å². The molecule has 21 heavy (non-hydrogen) atoms. The van der Waals surface area contributed by atoms with Crippen LogP contribution in [0.15, 0.2) is 30.3 Å². The van der Waals surface area contributed by atoms with Crippen molar-refractivity contribution in [2.75, 3.05) is 0 Å². The van der Waals surface area contributed by atoms with Crippen LogP contribution in [-0.4, -0.2) is 17.9 Å². The van der Waals surface area contributed by atoms with Gasteiger partial charge in [-0.1, -0.05) is 57.0 Å². The van der Waals surface area contributed by atoms with Gasteiger partial charge in [-0.25, -0.2) is 0 Å². The van der Waals surface area contributed by atoms with Crippen LogP contribution in [0.2, 0.25) is 0 Å². The third-order valence-corrected chi connectivity index (χ3v) is 3.73. The molecule has 2 atom stereocenters. The Morgan fingerprint density at radius 2 is 1.71 bits per heavy atom. The van der Waals surface area contributed by atoms with Crippen molar-refractivity contribution in [3.05, 3.63) is 35.9 Å². The summed E-state index contributed by atoms with van der Waals surface area (Å²) in [7, 11) is 0. The molecule has 5 heteroatoms. The summed E-state index contributed by atoms with van der Waals surface area (Å²) in [6.45, 7) is 4.19. The van der Waals surface area contributed by atoms with E-state index in [0.29, 0.717) is 5.92 Å². The van der Waals surface area contributed by atoms with Gasteiger partial charge in [0.05, 0.1) is 18.5 Å². The Bertz CT molecular complexity index is 458. The maximum Gasteiger partial charge on any atom is 0.237 e. The molecule has 0 saturated heterocycles. The molecule has 0 bridgehead atoms. The topological polar surface area (TPSA) is 98.2 Å². The van der Waals surface area contributed by atoms with Gasteiger partial charge in [-0.15, -0.1) is 0 Å². The highest BCUT2D eigenvalue weighted by molar-refractivity contribution is 5.87. The van der Waals surface area contributed by atoms with Gasteiger partial charge in [0.25, 0.3) is 0 Å². The van der Waals surface area contributed by atoms with E-state index in [4.69, 9.17) is 11.5 Å². The van der Waals surface area contributed by atoms with E-state index in [-0.39, 0.29) is 18.4 Å². The fourth-order valence-corrected chi connectivity index (χ4v) is 2.46. The predicted molar refractivity (Wildman–Crippen MR) is 83.2 cm³/mol. The molecule has 5 N–H and O–H groups in total. The maximum atomic E-state index is 12.2. The average molecular weight is 291 g/mol. The fourth-order valence-electron chi connectivity index (χ4n) is 2.46. The van der Waals surface area contributed by atoms with Gasteiger partial charge in [-0.2, -0.15) is 0 Å². The Morgan fingerprint density at radius 3 is 2.19 bits per heavy atom. The molecule has 2 unspecified atom stereocenters. The Balaban J connectivity index is 2.88. The van der Waals surface area contributed by atoms with Crippen molar-refractivity contribution in [3.8, 4) is 0 Å². The summed E-state index contributed by atoms with van der Waals surface area (Å²) in [5, 5.41) is 2.97. The van der Waals surface area contributed by atoms with Crippen LogP contribution in [0.1, 0.15) is 44.7 Å². The highest BCUT2D eigenvalue weighted by atomic mass is 16.2. The van der Waals surface area contributed by atoms with Gasteiger partial charge < -0.3 is 16.8 Å². The summed E-state index contributed by atoms with van der Waals surface area (Å²) in [5.74, 6) is -0.594. The van der Waals surface area contributed by atoms with E-state index in [1.54, 1.807) is 0 Å². The summed E-state index contributed by atoms with van der Waals surface area (Å²) in [6, 6.07) is 8.80. The lowest BCUT2D eigenvalue weighted by atomic mass is 9.88. The van der Waals surface area contributed by atoms with Crippen molar-refractivity contribution in [1.29, 1.82) is 0 Å². The lowest BCUT2D eigenvalue weighted by Gasteiger charge is -2.28. The molecule has 0 radical (unpaired) electrons. The highest BCUT2D eigenvalue weighted by Gasteiger charge is 2.25. The minimum Gasteiger partial charge on any atom is -0.370 e. The second-order valence-corrected chi connectivity index (χ2v) is 5.25. The monoisotopic (exact) mass is 291 g/mol. The zero-order chi connectivity index (χ0) is 15.8. The molecular formula is C16H25N3O2. The Kier molecular flexibility index (Phi) is 6.88. The normalized spacial score (nSPS) is 13.7. The number of hydrogen-bond acceptors (Lipinski definition) is 3. The van der Waals surface area contributed by atoms with Gasteiger partial charge in [0, 0.05) is 0 Å². The Labute approximate surface area is 126 Å². The van der Waals surface area contributed by atoms with Crippen LogP contribution in [0.25, 0.3) is 0 Å². The number of carbonyl (C=O) groups excluding carboxylic acids is 2. The van der Waals surface area contributed by atoms with E-state index >= 15 is 0 Å². The van der Waals surface area contributed by atoms with Gasteiger partial charge >= 0.3 is 0 Å². The molecule has 0 spiro atoms. The molecule has 0 saturated carbocycles. The molecular weight excluding hydrogens is 266 g/mol. The number of amides is 2. The fraction of sp³-hybridized carbons (Fsp3) is 0.500. The van der Waals surface area contributed by atoms with Gasteiger partial charge in [0.2, 0.25) is 11.8 Å². The zero-order valence-corrected chi connectivity index (χ0v) is 12.7. The van der Waals surface area contributed by atoms with Crippen molar-refractivity contribution in [1.82, 2.24) is 5.32 Å². The first kappa shape index (κ1) is 17.2. The minimum atomic E-state index is -0.900. The molecule has 2 amide bonds. The van der Waals surface area contributed by atoms with Gasteiger partial charge in [-0.05, 0) is 11.5 Å². The van der Waals surface area contributed by atoms with Crippen molar-refractivity contribution < 1.29 is 9.59 Å². The Morgan fingerprint density at radius 1 is 1.14 bits per heavy atom. The Hall–Kier alpha value is -1.88. The van der Waals surface area contributed by atoms with Gasteiger partial charge in [0.1, 0.15) is 0 Å². The number of nitrogens with two attached hydrogens (primary N) is 2. The number of rotatable bonds is 8. The van der Waals surface area contributed by atoms with Gasteiger partial charge in [0.15, 0.2) is 0 Å². The number of nitrogens with one attached hydrogen (secondary N) is 1. The predicted octanol–water partition coefficient (Wildman–Crippen LogP) is 1.48. The molecule has 0 aliphatic carbocycles. The molecule has 0 aliphatic heterocycles. The summed E-state index contributed by atoms with van der Waals surface area (Å²) >= 11 is 0. The summed E-state index contributed by atoms with van der Waals surface area (Å²) in [6.07, 6.45) is 1.75. The first-order chi connectivity index (χ1) is 9.99. The molecule has 0 heterocycles. The van der Waals surface area contributed by atoms with E-state index in [0.717, 1.165) is 18.4 Å². The molecule has 1 rings (SSSR count). The van der Waals surface area contributed by atoms with Crippen molar-refractivity contribution in [3.63, 3.8) is 0 Å². The summed E-state index contributed by atoms with van der Waals surface area (Å²) in [4.78, 5) is 23.0. The standard InChI is InChI=1S/C16H25N3O2/c1-3-11(4-2)15(12-8-6-5-7-9-12)19-16(21)13(17)10-14(18)20/h5-9,11,13,15H,3-4,10,17H2,1-2H3,(H2,18,20)(H,19,21). The number of benzene rings is 1. The highest BCUT2D eigenvalue weighted by Crippen LogP contribution is 2.27. The van der Waals surface area contributed by atoms with Crippen LogP contribution in [0, 0.1) is 5.92 Å². The largest absolute Gasteiger partial charge is 0.370 e. The van der Waals surface area contributed by atoms with Crippen LogP contribution in [0.3, 0.4) is 0 Å². The third-order valence-electron chi connectivity index (χ3n) is 3.73. The lowest BCUT2D eigenvalue weighted by molar-refractivity contribution is -0.127. The van der Waals surface area contributed by atoms with E-state index in [1.165, 1.54) is 0 Å². The van der Waals surface area contributed by atoms with E-state index in [2.05, 4.69) is 19.2 Å². The van der Waals surface area contributed by atoms with Crippen LogP contribution in [0.4, 0.5) is 0 Å². The van der Waals surface area contributed by atoms with Crippen LogP contribution < -0.4 is 16.8 Å². The first-order valence-corrected chi connectivity index (χ1v) is 7.38. The summed E-state index contributed by atoms with van der Waals surface area (Å²) < 4.78 is 0. The lowest BCUT2D eigenvalue weighted by Crippen LogP contribution is -2.45. The minimum absolute atomic E-state index is 0.104. The first-order valence-electron chi connectivity index (χ1n) is 7.38. The molecule has 0 aliphatic rings. The van der Waals surface area contributed by atoms with Crippen molar-refractivity contribution in [2.24, 2.45) is 17.4 Å². The van der Waals surface area contributed by atoms with E-state index < -0.39 is 11.9 Å². The third kappa shape index (κ3) is 5.19. The molecule has 5 nitrogen and oxygen atoms in total. The average Bonchev–Trinajstić information content (AvgIpc) is 2.47. The molecule has 0 aromatic heterocycles. The summed E-state index contributed by atoms with van der Waals surface area (Å²) in [5.41, 5.74) is 11.8. The number of primary amides is 1. The van der Waals surface area contributed by atoms with Crippen molar-refractivity contribution in [2.45, 2.75) is 45.2 Å². The van der Waals surface area contributed by atoms with Crippen LogP contribution in [0.5, 0.6) is 0 Å². The quantitative estimate of drug-likeness (QED) is 0.676. The maximum absolute atomic E-state index is 12.2. The smallest absolute Gasteiger partial charge is 0.237 e. The second-order valence-electron chi connectivity index (χ2n) is 5.25. The second kappa shape index (κ2) is 8.42. The van der Waals surface area contributed by atoms with E-state index in [9.17, 15) is 9.59 Å². The number of hydrogen-bond donors (Lipinski definition) is 3. The number of carbonyl (C=O) groups is 2. The van der Waals surface area contributed by atoms with Crippen LogP contribution >= 0.6 is 0 Å². The molecule has 1 aromatic rings. The molecule has 116 valence electrons. The SMILES string of the molecule is CCC(CC)C(NC(=O)C(N)CC(N)=O)c1ccccc1. The molecule has 1 aromatic carbocycles. The van der Waals surface area contributed by atoms with Gasteiger partial charge in [-0.3, -0.25) is 9.59 Å². The molecule has 0 fully saturated rings.